The number of Topliss-reactive ketones (excluding diaryl/α,β-unsaturated/α-hetero) is 1. The molecule has 224 valence electrons. The van der Waals surface area contributed by atoms with Crippen LogP contribution in [0.15, 0.2) is 0 Å². The molecule has 1 aliphatic carbocycles. The number of likely N-dealkylation sites (tertiary alicyclic amines) is 1. The van der Waals surface area contributed by atoms with E-state index >= 15 is 0 Å². The summed E-state index contributed by atoms with van der Waals surface area (Å²) in [4.78, 5) is 65.0. The van der Waals surface area contributed by atoms with Crippen molar-refractivity contribution in [1.29, 1.82) is 0 Å². The standard InChI is InChI=1S/C26H44N4O6.C3H8/c1-25(2,3)20(29-24(35)36-26(4,5)6)23(34)30-14-10-13-18(30)22(33)28-17(19(31)21(27)32)15-16-11-8-7-9-12-16;1-3-2/h16-18,20H,7-15H2,1-6H3,(H2,27,32)(H,28,33)(H,29,35);3H2,1-2H3/t17?,18-,20+;/m0./s1. The zero-order valence-corrected chi connectivity index (χ0v) is 25.4. The van der Waals surface area contributed by atoms with Crippen LogP contribution in [0.2, 0.25) is 0 Å². The molecule has 0 spiro atoms. The largest absolute Gasteiger partial charge is 0.444 e. The van der Waals surface area contributed by atoms with Gasteiger partial charge < -0.3 is 26.0 Å². The average molecular weight is 553 g/mol. The Kier molecular flexibility index (Phi) is 13.4. The highest BCUT2D eigenvalue weighted by Crippen LogP contribution is 2.29. The van der Waals surface area contributed by atoms with Crippen LogP contribution >= 0.6 is 0 Å². The lowest BCUT2D eigenvalue weighted by Crippen LogP contribution is -2.59. The minimum Gasteiger partial charge on any atom is -0.444 e. The van der Waals surface area contributed by atoms with Crippen molar-refractivity contribution in [3.05, 3.63) is 0 Å². The van der Waals surface area contributed by atoms with Gasteiger partial charge >= 0.3 is 6.09 Å². The summed E-state index contributed by atoms with van der Waals surface area (Å²) in [5.74, 6) is -2.54. The number of primary amides is 1. The van der Waals surface area contributed by atoms with Crippen LogP contribution in [-0.2, 0) is 23.9 Å². The van der Waals surface area contributed by atoms with E-state index < -0.39 is 58.7 Å². The molecule has 0 radical (unpaired) electrons. The molecular weight excluding hydrogens is 500 g/mol. The maximum Gasteiger partial charge on any atom is 0.408 e. The van der Waals surface area contributed by atoms with Gasteiger partial charge in [-0.2, -0.15) is 0 Å². The van der Waals surface area contributed by atoms with E-state index in [1.54, 1.807) is 20.8 Å². The van der Waals surface area contributed by atoms with Crippen LogP contribution in [0.3, 0.4) is 0 Å². The number of carbonyl (C=O) groups is 5. The van der Waals surface area contributed by atoms with Crippen LogP contribution < -0.4 is 16.4 Å². The molecule has 10 heteroatoms. The summed E-state index contributed by atoms with van der Waals surface area (Å²) < 4.78 is 5.34. The molecule has 0 aromatic heterocycles. The van der Waals surface area contributed by atoms with Crippen molar-refractivity contribution in [2.24, 2.45) is 17.1 Å². The van der Waals surface area contributed by atoms with E-state index in [1.165, 1.54) is 11.3 Å². The number of ether oxygens (including phenoxy) is 1. The van der Waals surface area contributed by atoms with Crippen molar-refractivity contribution in [2.75, 3.05) is 6.54 Å². The Morgan fingerprint density at radius 3 is 1.95 bits per heavy atom. The van der Waals surface area contributed by atoms with Gasteiger partial charge in [0.2, 0.25) is 17.6 Å². The van der Waals surface area contributed by atoms with E-state index in [0.29, 0.717) is 25.8 Å². The lowest BCUT2D eigenvalue weighted by Gasteiger charge is -2.36. The van der Waals surface area contributed by atoms with Gasteiger partial charge in [0, 0.05) is 6.54 Å². The van der Waals surface area contributed by atoms with Gasteiger partial charge in [0.1, 0.15) is 17.7 Å². The van der Waals surface area contributed by atoms with Crippen molar-refractivity contribution in [1.82, 2.24) is 15.5 Å². The van der Waals surface area contributed by atoms with Gasteiger partial charge in [-0.1, -0.05) is 73.1 Å². The molecule has 2 aliphatic rings. The van der Waals surface area contributed by atoms with Crippen LogP contribution in [0.4, 0.5) is 4.79 Å². The van der Waals surface area contributed by atoms with Crippen molar-refractivity contribution < 1.29 is 28.7 Å². The van der Waals surface area contributed by atoms with Crippen molar-refractivity contribution in [2.45, 2.75) is 137 Å². The highest BCUT2D eigenvalue weighted by molar-refractivity contribution is 6.37. The fourth-order valence-electron chi connectivity index (χ4n) is 4.97. The first kappa shape index (κ1) is 34.4. The fraction of sp³-hybridized carbons (Fsp3) is 0.828. The van der Waals surface area contributed by atoms with Crippen LogP contribution in [-0.4, -0.2) is 64.8 Å². The summed E-state index contributed by atoms with van der Waals surface area (Å²) in [5, 5.41) is 5.40. The van der Waals surface area contributed by atoms with Gasteiger partial charge in [-0.25, -0.2) is 4.79 Å². The second-order valence-corrected chi connectivity index (χ2v) is 12.9. The van der Waals surface area contributed by atoms with Gasteiger partial charge in [-0.15, -0.1) is 0 Å². The van der Waals surface area contributed by atoms with Gasteiger partial charge in [0.15, 0.2) is 0 Å². The van der Waals surface area contributed by atoms with E-state index in [-0.39, 0.29) is 5.92 Å². The minimum atomic E-state index is -1.08. The summed E-state index contributed by atoms with van der Waals surface area (Å²) in [6.45, 7) is 15.3. The number of nitrogens with one attached hydrogen (secondary N) is 2. The van der Waals surface area contributed by atoms with Crippen molar-refractivity contribution in [3.8, 4) is 0 Å². The Balaban J connectivity index is 0.00000242. The second-order valence-electron chi connectivity index (χ2n) is 12.9. The number of nitrogens with two attached hydrogens (primary N) is 1. The first-order valence-corrected chi connectivity index (χ1v) is 14.5. The molecule has 10 nitrogen and oxygen atoms in total. The summed E-state index contributed by atoms with van der Waals surface area (Å²) in [7, 11) is 0. The van der Waals surface area contributed by atoms with E-state index in [2.05, 4.69) is 24.5 Å². The topological polar surface area (TPSA) is 148 Å². The van der Waals surface area contributed by atoms with Gasteiger partial charge in [-0.05, 0) is 51.4 Å². The Hall–Kier alpha value is -2.65. The maximum atomic E-state index is 13.6. The van der Waals surface area contributed by atoms with Crippen molar-refractivity contribution in [3.63, 3.8) is 0 Å². The number of hydrogen-bond donors (Lipinski definition) is 3. The van der Waals surface area contributed by atoms with Crippen LogP contribution in [0.1, 0.15) is 113 Å². The lowest BCUT2D eigenvalue weighted by molar-refractivity contribution is -0.143. The summed E-state index contributed by atoms with van der Waals surface area (Å²) in [6.07, 6.45) is 7.05. The van der Waals surface area contributed by atoms with Gasteiger partial charge in [0.05, 0.1) is 6.04 Å². The predicted octanol–water partition coefficient (Wildman–Crippen LogP) is 3.84. The fourth-order valence-corrected chi connectivity index (χ4v) is 4.97. The first-order chi connectivity index (χ1) is 18.0. The van der Waals surface area contributed by atoms with Crippen LogP contribution in [0, 0.1) is 11.3 Å². The molecule has 2 rings (SSSR count). The Morgan fingerprint density at radius 1 is 0.897 bits per heavy atom. The van der Waals surface area contributed by atoms with E-state index in [0.717, 1.165) is 32.1 Å². The zero-order chi connectivity index (χ0) is 30.0. The van der Waals surface area contributed by atoms with E-state index in [1.807, 2.05) is 20.8 Å². The monoisotopic (exact) mass is 552 g/mol. The summed E-state index contributed by atoms with van der Waals surface area (Å²) in [6, 6.07) is -2.74. The molecule has 3 atom stereocenters. The second kappa shape index (κ2) is 15.2. The molecule has 0 bridgehead atoms. The van der Waals surface area contributed by atoms with E-state index in [4.69, 9.17) is 10.5 Å². The quantitative estimate of drug-likeness (QED) is 0.390. The Labute approximate surface area is 234 Å². The Bertz CT molecular complexity index is 855. The third-order valence-electron chi connectivity index (χ3n) is 6.78. The third-order valence-corrected chi connectivity index (χ3v) is 6.78. The normalized spacial score (nSPS) is 19.7. The highest BCUT2D eigenvalue weighted by Gasteiger charge is 2.43. The number of hydrogen-bond acceptors (Lipinski definition) is 6. The molecule has 0 aromatic carbocycles. The number of nitrogens with zero attached hydrogens (tertiary/aromatic N) is 1. The minimum absolute atomic E-state index is 0.233. The average Bonchev–Trinajstić information content (AvgIpc) is 3.31. The molecule has 4 N–H and O–H groups in total. The molecule has 0 aromatic rings. The van der Waals surface area contributed by atoms with Gasteiger partial charge in [-0.3, -0.25) is 19.2 Å². The molecule has 1 aliphatic heterocycles. The van der Waals surface area contributed by atoms with Gasteiger partial charge in [0.25, 0.3) is 5.91 Å². The lowest BCUT2D eigenvalue weighted by atomic mass is 9.84. The SMILES string of the molecule is CC(C)(C)OC(=O)N[C@H](C(=O)N1CCC[C@H]1C(=O)NC(CC1CCCCC1)C(=O)C(N)=O)C(C)(C)C.CCC. The molecule has 1 saturated carbocycles. The maximum absolute atomic E-state index is 13.6. The number of amides is 4. The molecule has 39 heavy (non-hydrogen) atoms. The molecular formula is C29H52N4O6. The van der Waals surface area contributed by atoms with Crippen LogP contribution in [0.5, 0.6) is 0 Å². The number of ketones is 1. The number of alkyl carbamates (subject to hydrolysis) is 1. The number of rotatable bonds is 8. The highest BCUT2D eigenvalue weighted by atomic mass is 16.6. The molecule has 1 heterocycles. The van der Waals surface area contributed by atoms with Crippen molar-refractivity contribution >= 4 is 29.6 Å². The smallest absolute Gasteiger partial charge is 0.408 e. The molecule has 1 saturated heterocycles. The first-order valence-electron chi connectivity index (χ1n) is 14.5. The summed E-state index contributed by atoms with van der Waals surface area (Å²) in [5.41, 5.74) is 3.89. The number of carbonyl (C=O) groups excluding carboxylic acids is 5. The molecule has 1 unspecified atom stereocenters. The van der Waals surface area contributed by atoms with Crippen LogP contribution in [0.25, 0.3) is 0 Å². The summed E-state index contributed by atoms with van der Waals surface area (Å²) >= 11 is 0. The third kappa shape index (κ3) is 11.5. The van der Waals surface area contributed by atoms with E-state index in [9.17, 15) is 24.0 Å². The molecule has 4 amide bonds. The predicted molar refractivity (Wildman–Crippen MR) is 151 cm³/mol. The zero-order valence-electron chi connectivity index (χ0n) is 25.4. The molecule has 2 fully saturated rings. The Morgan fingerprint density at radius 2 is 1.46 bits per heavy atom.